The highest BCUT2D eigenvalue weighted by atomic mass is 33.1. The molecule has 7 amide bonds. The van der Waals surface area contributed by atoms with Crippen LogP contribution in [0.15, 0.2) is 52.6 Å². The van der Waals surface area contributed by atoms with Crippen molar-refractivity contribution < 1.29 is 82.3 Å². The number of nitrogens with zero attached hydrogens (tertiary/aromatic N) is 3. The van der Waals surface area contributed by atoms with Crippen LogP contribution in [0.1, 0.15) is 112 Å². The molecule has 33 nitrogen and oxygen atoms in total. The third kappa shape index (κ3) is 46.8. The molecule has 2 aromatic rings. The Kier molecular flexibility index (Phi) is 55.5. The van der Waals surface area contributed by atoms with E-state index in [0.29, 0.717) is 22.8 Å². The molecule has 1 unspecified atom stereocenters. The SMILES string of the molecule is C.CC(=O)[C@@H](C)CSSC[C@H](C)C(N)=O.CC(=O)[C@@H](C)CSSC[C@H](C)C(N)=O.CC(=O)[C@@H](C)CSSC[C@H](C)C(N)=O.CC(=O)c1cnc(SSC[C@H](N[C@@H](CO)C(=O)C(=O)[C@H](CCCN=C(N)N)NC(=O)CNC(=O)[C@H](CC(=O)O)NC(=O)C(Cc2ccccc2)NN)C(N)=O)c([N+](=O)[O-])c1. The zero-order valence-corrected chi connectivity index (χ0v) is 64.9. The Bertz CT molecular complexity index is 2960. The highest BCUT2D eigenvalue weighted by molar-refractivity contribution is 8.77. The van der Waals surface area contributed by atoms with Gasteiger partial charge in [-0.2, -0.15) is 0 Å². The first-order valence-corrected chi connectivity index (χ1v) is 41.0. The number of carboxylic acid groups (broad SMARTS) is 1. The highest BCUT2D eigenvalue weighted by Gasteiger charge is 2.35. The average molecular weight is 1600 g/mol. The topological polar surface area (TPSA) is 590 Å². The fourth-order valence-corrected chi connectivity index (χ4v) is 17.2. The number of aliphatic hydroxyl groups is 1. The lowest BCUT2D eigenvalue weighted by Gasteiger charge is -2.23. The molecule has 21 N–H and O–H groups in total. The van der Waals surface area contributed by atoms with Gasteiger partial charge in [-0.25, -0.2) is 10.4 Å². The van der Waals surface area contributed by atoms with Crippen molar-refractivity contribution in [1.29, 1.82) is 0 Å². The van der Waals surface area contributed by atoms with E-state index in [-0.39, 0.29) is 126 Å². The van der Waals surface area contributed by atoms with E-state index < -0.39 is 107 Å². The lowest BCUT2D eigenvalue weighted by molar-refractivity contribution is -0.388. The second kappa shape index (κ2) is 56.8. The molecule has 11 atom stereocenters. The number of nitro groups is 1. The molecule has 0 aliphatic heterocycles. The van der Waals surface area contributed by atoms with Gasteiger partial charge in [0.15, 0.2) is 16.8 Å². The molecule has 0 saturated heterocycles. The number of rotatable bonds is 49. The van der Waals surface area contributed by atoms with Crippen molar-refractivity contribution in [2.45, 2.75) is 138 Å². The summed E-state index contributed by atoms with van der Waals surface area (Å²) in [6.07, 6.45) is 0.122. The number of pyridine rings is 1. The fraction of sp³-hybridized carbons (Fsp3) is 0.581. The Morgan fingerprint density at radius 1 is 0.583 bits per heavy atom. The van der Waals surface area contributed by atoms with Gasteiger partial charge in [0.1, 0.15) is 29.4 Å². The number of amides is 7. The molecular formula is C62H101N15O18S8. The molecule has 0 saturated carbocycles. The smallest absolute Gasteiger partial charge is 0.305 e. The number of Topliss-reactive ketones (excluding diaryl/α,β-unsaturated/α-hetero) is 6. The minimum atomic E-state index is -1.74. The number of nitrogens with one attached hydrogen (secondary N) is 5. The fourth-order valence-electron chi connectivity index (χ4n) is 6.54. The van der Waals surface area contributed by atoms with Crippen LogP contribution in [0, 0.1) is 45.6 Å². The van der Waals surface area contributed by atoms with Crippen molar-refractivity contribution in [3.05, 3.63) is 63.8 Å². The number of aromatic nitrogens is 1. The summed E-state index contributed by atoms with van der Waals surface area (Å²) in [4.78, 5) is 185. The van der Waals surface area contributed by atoms with Gasteiger partial charge in [0, 0.05) is 100 Å². The summed E-state index contributed by atoms with van der Waals surface area (Å²) in [6, 6.07) is 2.21. The number of aliphatic imine (C=N–C) groups is 1. The number of aliphatic hydroxyl groups excluding tert-OH is 1. The third-order valence-electron chi connectivity index (χ3n) is 13.8. The summed E-state index contributed by atoms with van der Waals surface area (Å²) in [5, 5.41) is 40.1. The zero-order valence-electron chi connectivity index (χ0n) is 58.4. The summed E-state index contributed by atoms with van der Waals surface area (Å²) in [5.74, 6) is 0.909. The minimum absolute atomic E-state index is 0. The summed E-state index contributed by atoms with van der Waals surface area (Å²) in [5.41, 5.74) is 34.0. The minimum Gasteiger partial charge on any atom is -0.481 e. The van der Waals surface area contributed by atoms with E-state index in [1.165, 1.54) is 6.92 Å². The van der Waals surface area contributed by atoms with E-state index in [0.717, 1.165) is 51.1 Å². The molecular weight excluding hydrogens is 1500 g/mol. The van der Waals surface area contributed by atoms with E-state index >= 15 is 0 Å². The summed E-state index contributed by atoms with van der Waals surface area (Å²) < 4.78 is 0. The molecule has 580 valence electrons. The van der Waals surface area contributed by atoms with E-state index in [9.17, 15) is 87.5 Å². The van der Waals surface area contributed by atoms with Gasteiger partial charge in [0.05, 0.1) is 42.6 Å². The molecule has 0 bridgehead atoms. The summed E-state index contributed by atoms with van der Waals surface area (Å²) in [6.45, 7) is 15.2. The van der Waals surface area contributed by atoms with E-state index in [1.54, 1.807) is 116 Å². The third-order valence-corrected chi connectivity index (χ3v) is 24.4. The molecule has 0 aliphatic rings. The van der Waals surface area contributed by atoms with Crippen LogP contribution in [0.4, 0.5) is 5.69 Å². The Morgan fingerprint density at radius 2 is 1.03 bits per heavy atom. The lowest BCUT2D eigenvalue weighted by atomic mass is 9.98. The number of primary amides is 4. The van der Waals surface area contributed by atoms with Gasteiger partial charge in [-0.15, -0.1) is 0 Å². The predicted molar refractivity (Wildman–Crippen MR) is 413 cm³/mol. The number of hydrogen-bond donors (Lipinski definition) is 14. The normalized spacial score (nSPS) is 13.8. The predicted octanol–water partition coefficient (Wildman–Crippen LogP) is 2.34. The molecule has 1 aromatic carbocycles. The van der Waals surface area contributed by atoms with Gasteiger partial charge in [0.25, 0.3) is 0 Å². The van der Waals surface area contributed by atoms with Crippen LogP contribution in [0.25, 0.3) is 0 Å². The number of aliphatic carboxylic acids is 1. The molecule has 103 heavy (non-hydrogen) atoms. The number of hydrogen-bond acceptors (Lipinski definition) is 30. The van der Waals surface area contributed by atoms with Crippen LogP contribution < -0.4 is 66.9 Å². The zero-order chi connectivity index (χ0) is 78.4. The van der Waals surface area contributed by atoms with Crippen molar-refractivity contribution in [3.63, 3.8) is 0 Å². The second-order valence-corrected chi connectivity index (χ2v) is 32.8. The Balaban J connectivity index is -0.00000186. The number of hydrazine groups is 1. The van der Waals surface area contributed by atoms with Crippen LogP contribution in [0.2, 0.25) is 0 Å². The Morgan fingerprint density at radius 3 is 1.41 bits per heavy atom. The summed E-state index contributed by atoms with van der Waals surface area (Å²) >= 11 is 0. The van der Waals surface area contributed by atoms with Crippen LogP contribution >= 0.6 is 86.4 Å². The first kappa shape index (κ1) is 101. The number of guanidine groups is 1. The molecule has 0 spiro atoms. The monoisotopic (exact) mass is 1600 g/mol. The number of benzene rings is 1. The van der Waals surface area contributed by atoms with Gasteiger partial charge in [-0.1, -0.05) is 155 Å². The van der Waals surface area contributed by atoms with Crippen LogP contribution in [-0.2, 0) is 68.7 Å². The standard InChI is InChI=1S/C34H46N12O12S2.3C9H17NO2S2.CH4/c1-17(48)19-11-25(46(57)58)33(41-13-19)60-59-16-24(30(35)54)42-23(15-47)29(53)28(52)20(8-5-9-39-34(36)37)43-26(49)14-40-31(55)21(12-27(50)51)44-32(56)22(45-38)10-18-6-3-2-4-7-18;3*1-6(8(3)11)4-13-14-5-7(2)9(10)12;/h2-4,6-7,11,13,20-24,42,45,47H,5,8-10,12,14-16,38H2,1H3,(H2,35,54)(H,40,55)(H,43,49)(H,44,56)(H,50,51)(H4,36,37,39);3*6-7H,4-5H2,1-3H3,(H2,10,12);1H4/t20-,21-,22?,23-,24-;3*6-,7-;/m0000./s1. The molecule has 0 fully saturated rings. The number of ketones is 6. The number of nitrogens with two attached hydrogens (primary N) is 7. The maximum Gasteiger partial charge on any atom is 0.305 e. The van der Waals surface area contributed by atoms with E-state index in [2.05, 4.69) is 36.7 Å². The summed E-state index contributed by atoms with van der Waals surface area (Å²) in [7, 11) is 11.3. The number of carboxylic acids is 1. The first-order chi connectivity index (χ1) is 47.7. The van der Waals surface area contributed by atoms with Crippen LogP contribution in [-0.4, -0.2) is 198 Å². The molecule has 2 rings (SSSR count). The molecule has 0 aliphatic carbocycles. The lowest BCUT2D eigenvalue weighted by Crippen LogP contribution is -2.57. The number of carbonyl (C=O) groups excluding carboxylic acids is 13. The maximum atomic E-state index is 13.5. The quantitative estimate of drug-likeness (QED) is 0.00520. The van der Waals surface area contributed by atoms with Crippen molar-refractivity contribution in [3.8, 4) is 0 Å². The average Bonchev–Trinajstić information content (AvgIpc) is 0.849. The maximum absolute atomic E-state index is 13.5. The molecule has 1 aromatic heterocycles. The van der Waals surface area contributed by atoms with Crippen molar-refractivity contribution in [2.24, 2.45) is 80.7 Å². The van der Waals surface area contributed by atoms with Crippen LogP contribution in [0.5, 0.6) is 0 Å². The van der Waals surface area contributed by atoms with E-state index in [1.807, 2.05) is 41.5 Å². The van der Waals surface area contributed by atoms with Gasteiger partial charge < -0.3 is 60.6 Å². The highest BCUT2D eigenvalue weighted by Crippen LogP contribution is 2.37. The van der Waals surface area contributed by atoms with Gasteiger partial charge in [-0.05, 0) is 63.3 Å². The Hall–Kier alpha value is -6.54. The molecule has 1 heterocycles. The van der Waals surface area contributed by atoms with Gasteiger partial charge in [0.2, 0.25) is 52.9 Å². The van der Waals surface area contributed by atoms with Crippen LogP contribution in [0.3, 0.4) is 0 Å². The van der Waals surface area contributed by atoms with Crippen molar-refractivity contribution in [1.82, 2.24) is 31.7 Å². The van der Waals surface area contributed by atoms with Gasteiger partial charge in [-0.3, -0.25) is 93.4 Å². The number of carbonyl (C=O) groups is 14. The molecule has 0 radical (unpaired) electrons. The first-order valence-electron chi connectivity index (χ1n) is 31.2. The van der Waals surface area contributed by atoms with E-state index in [4.69, 9.17) is 40.2 Å². The van der Waals surface area contributed by atoms with Crippen molar-refractivity contribution in [2.75, 3.05) is 60.0 Å². The second-order valence-electron chi connectivity index (χ2n) is 22.8. The Labute approximate surface area is 631 Å². The van der Waals surface area contributed by atoms with Gasteiger partial charge >= 0.3 is 11.7 Å². The molecule has 41 heteroatoms. The largest absolute Gasteiger partial charge is 0.481 e. The van der Waals surface area contributed by atoms with Crippen molar-refractivity contribution >= 4 is 180 Å².